The first-order valence-electron chi connectivity index (χ1n) is 5.99. The Labute approximate surface area is 119 Å². The molecule has 0 bridgehead atoms. The Morgan fingerprint density at radius 2 is 2.14 bits per heavy atom. The van der Waals surface area contributed by atoms with E-state index in [1.807, 2.05) is 0 Å². The van der Waals surface area contributed by atoms with Crippen molar-refractivity contribution in [1.82, 2.24) is 9.88 Å². The van der Waals surface area contributed by atoms with Gasteiger partial charge in [-0.05, 0) is 12.1 Å². The van der Waals surface area contributed by atoms with Crippen molar-refractivity contribution in [3.63, 3.8) is 0 Å². The third kappa shape index (κ3) is 5.81. The largest absolute Gasteiger partial charge is 0.406 e. The Morgan fingerprint density at radius 1 is 1.43 bits per heavy atom. The van der Waals surface area contributed by atoms with Crippen LogP contribution in [0.2, 0.25) is 0 Å². The lowest BCUT2D eigenvalue weighted by atomic mass is 10.2. The minimum Gasteiger partial charge on any atom is -0.395 e. The van der Waals surface area contributed by atoms with Crippen LogP contribution >= 0.6 is 0 Å². The van der Waals surface area contributed by atoms with Crippen LogP contribution in [0.15, 0.2) is 18.3 Å². The predicted octanol–water partition coefficient (Wildman–Crippen LogP) is 0.389. The molecule has 3 N–H and O–H groups in total. The van der Waals surface area contributed by atoms with Gasteiger partial charge in [0.15, 0.2) is 0 Å². The number of carbonyl (C=O) groups excluding carboxylic acids is 1. The standard InChI is InChI=1S/C13H14F3N3O2/c14-13(15,16)9-19(6-7-20)12(21)11-4-3-10(8-18-11)2-1-5-17/h3-4,8,20H,5-7,9,17H2. The summed E-state index contributed by atoms with van der Waals surface area (Å²) in [6.07, 6.45) is -3.27. The lowest BCUT2D eigenvalue weighted by Crippen LogP contribution is -2.41. The van der Waals surface area contributed by atoms with Crippen molar-refractivity contribution in [2.24, 2.45) is 5.73 Å². The highest BCUT2D eigenvalue weighted by molar-refractivity contribution is 5.92. The molecule has 0 unspecified atom stereocenters. The minimum atomic E-state index is -4.54. The van der Waals surface area contributed by atoms with Crippen molar-refractivity contribution in [1.29, 1.82) is 0 Å². The Hall–Kier alpha value is -2.11. The average molecular weight is 301 g/mol. The number of alkyl halides is 3. The number of aliphatic hydroxyl groups is 1. The summed E-state index contributed by atoms with van der Waals surface area (Å²) in [5.74, 6) is 4.37. The molecule has 0 aliphatic heterocycles. The van der Waals surface area contributed by atoms with E-state index >= 15 is 0 Å². The van der Waals surface area contributed by atoms with Crippen molar-refractivity contribution >= 4 is 5.91 Å². The van der Waals surface area contributed by atoms with E-state index in [4.69, 9.17) is 10.8 Å². The van der Waals surface area contributed by atoms with Crippen LogP contribution in [0.4, 0.5) is 13.2 Å². The summed E-state index contributed by atoms with van der Waals surface area (Å²) in [4.78, 5) is 16.2. The van der Waals surface area contributed by atoms with E-state index in [0.717, 1.165) is 0 Å². The van der Waals surface area contributed by atoms with E-state index in [0.29, 0.717) is 10.5 Å². The highest BCUT2D eigenvalue weighted by Gasteiger charge is 2.33. The van der Waals surface area contributed by atoms with E-state index in [-0.39, 0.29) is 12.2 Å². The number of amides is 1. The molecular weight excluding hydrogens is 287 g/mol. The van der Waals surface area contributed by atoms with Gasteiger partial charge >= 0.3 is 6.18 Å². The molecule has 1 heterocycles. The maximum Gasteiger partial charge on any atom is 0.406 e. The van der Waals surface area contributed by atoms with Gasteiger partial charge in [-0.25, -0.2) is 4.98 Å². The van der Waals surface area contributed by atoms with E-state index < -0.39 is 31.8 Å². The van der Waals surface area contributed by atoms with Gasteiger partial charge in [-0.3, -0.25) is 4.79 Å². The number of rotatable bonds is 4. The molecule has 0 radical (unpaired) electrons. The summed E-state index contributed by atoms with van der Waals surface area (Å²) in [7, 11) is 0. The van der Waals surface area contributed by atoms with Gasteiger partial charge < -0.3 is 15.7 Å². The molecule has 0 saturated heterocycles. The van der Waals surface area contributed by atoms with Crippen LogP contribution in [-0.4, -0.2) is 53.3 Å². The average Bonchev–Trinajstić information content (AvgIpc) is 2.43. The number of aliphatic hydroxyl groups excluding tert-OH is 1. The second kappa shape index (κ2) is 7.61. The number of nitrogens with two attached hydrogens (primary N) is 1. The van der Waals surface area contributed by atoms with E-state index in [9.17, 15) is 18.0 Å². The summed E-state index contributed by atoms with van der Waals surface area (Å²) in [5, 5.41) is 8.76. The SMILES string of the molecule is NCC#Cc1ccc(C(=O)N(CCO)CC(F)(F)F)nc1. The predicted molar refractivity (Wildman–Crippen MR) is 69.2 cm³/mol. The molecule has 114 valence electrons. The van der Waals surface area contributed by atoms with Gasteiger partial charge in [0.2, 0.25) is 0 Å². The van der Waals surface area contributed by atoms with Crippen LogP contribution in [0.1, 0.15) is 16.1 Å². The van der Waals surface area contributed by atoms with Gasteiger partial charge in [-0.2, -0.15) is 13.2 Å². The molecule has 0 fully saturated rings. The Morgan fingerprint density at radius 3 is 2.62 bits per heavy atom. The number of carbonyl (C=O) groups is 1. The van der Waals surface area contributed by atoms with Gasteiger partial charge in [-0.1, -0.05) is 11.8 Å². The van der Waals surface area contributed by atoms with Crippen molar-refractivity contribution in [2.75, 3.05) is 26.2 Å². The van der Waals surface area contributed by atoms with Gasteiger partial charge in [0.25, 0.3) is 5.91 Å². The zero-order chi connectivity index (χ0) is 15.9. The van der Waals surface area contributed by atoms with E-state index in [1.165, 1.54) is 18.3 Å². The van der Waals surface area contributed by atoms with Gasteiger partial charge in [0.1, 0.15) is 12.2 Å². The molecular formula is C13H14F3N3O2. The molecule has 1 rings (SSSR count). The van der Waals surface area contributed by atoms with Crippen molar-refractivity contribution in [2.45, 2.75) is 6.18 Å². The number of pyridine rings is 1. The van der Waals surface area contributed by atoms with Crippen LogP contribution in [0, 0.1) is 11.8 Å². The maximum atomic E-state index is 12.4. The molecule has 1 aromatic heterocycles. The third-order valence-electron chi connectivity index (χ3n) is 2.34. The topological polar surface area (TPSA) is 79.5 Å². The molecule has 0 saturated carbocycles. The fourth-order valence-electron chi connectivity index (χ4n) is 1.50. The monoisotopic (exact) mass is 301 g/mol. The van der Waals surface area contributed by atoms with Gasteiger partial charge in [0, 0.05) is 18.3 Å². The number of hydrogen-bond donors (Lipinski definition) is 2. The smallest absolute Gasteiger partial charge is 0.395 e. The number of halogens is 3. The quantitative estimate of drug-likeness (QED) is 0.789. The van der Waals surface area contributed by atoms with Crippen molar-refractivity contribution < 1.29 is 23.1 Å². The number of aromatic nitrogens is 1. The Bertz CT molecular complexity index is 532. The highest BCUT2D eigenvalue weighted by atomic mass is 19.4. The molecule has 1 amide bonds. The second-order valence-corrected chi connectivity index (χ2v) is 4.00. The molecule has 8 heteroatoms. The van der Waals surface area contributed by atoms with Crippen LogP contribution in [-0.2, 0) is 0 Å². The molecule has 0 spiro atoms. The molecule has 21 heavy (non-hydrogen) atoms. The lowest BCUT2D eigenvalue weighted by molar-refractivity contribution is -0.141. The third-order valence-corrected chi connectivity index (χ3v) is 2.34. The van der Waals surface area contributed by atoms with Crippen LogP contribution in [0.3, 0.4) is 0 Å². The molecule has 1 aromatic rings. The van der Waals surface area contributed by atoms with Gasteiger partial charge in [0.05, 0.1) is 13.2 Å². The normalized spacial score (nSPS) is 10.7. The second-order valence-electron chi connectivity index (χ2n) is 4.00. The lowest BCUT2D eigenvalue weighted by Gasteiger charge is -2.22. The Kier molecular flexibility index (Phi) is 6.14. The first-order valence-corrected chi connectivity index (χ1v) is 5.99. The Balaban J connectivity index is 2.88. The van der Waals surface area contributed by atoms with Crippen molar-refractivity contribution in [3.05, 3.63) is 29.6 Å². The number of nitrogens with zero attached hydrogens (tertiary/aromatic N) is 2. The molecule has 0 aliphatic carbocycles. The summed E-state index contributed by atoms with van der Waals surface area (Å²) < 4.78 is 37.1. The fourth-order valence-corrected chi connectivity index (χ4v) is 1.50. The van der Waals surface area contributed by atoms with Crippen molar-refractivity contribution in [3.8, 4) is 11.8 Å². The maximum absolute atomic E-state index is 12.4. The van der Waals surface area contributed by atoms with Crippen LogP contribution in [0.25, 0.3) is 0 Å². The molecule has 5 nitrogen and oxygen atoms in total. The highest BCUT2D eigenvalue weighted by Crippen LogP contribution is 2.17. The summed E-state index contributed by atoms with van der Waals surface area (Å²) in [5.41, 5.74) is 5.56. The van der Waals surface area contributed by atoms with Gasteiger partial charge in [-0.15, -0.1) is 0 Å². The first-order chi connectivity index (χ1) is 9.87. The van der Waals surface area contributed by atoms with Crippen LogP contribution in [0.5, 0.6) is 0 Å². The summed E-state index contributed by atoms with van der Waals surface area (Å²) in [6, 6.07) is 2.75. The summed E-state index contributed by atoms with van der Waals surface area (Å²) in [6.45, 7) is -2.27. The molecule has 0 aliphatic rings. The zero-order valence-corrected chi connectivity index (χ0v) is 11.0. The molecule has 0 atom stereocenters. The van der Waals surface area contributed by atoms with Crippen LogP contribution < -0.4 is 5.73 Å². The fraction of sp³-hybridized carbons (Fsp3) is 0.385. The first kappa shape index (κ1) is 16.9. The minimum absolute atomic E-state index is 0.147. The van der Waals surface area contributed by atoms with E-state index in [2.05, 4.69) is 16.8 Å². The van der Waals surface area contributed by atoms with E-state index in [1.54, 1.807) is 0 Å². The molecule has 0 aromatic carbocycles. The summed E-state index contributed by atoms with van der Waals surface area (Å²) >= 11 is 0. The number of hydrogen-bond acceptors (Lipinski definition) is 4. The zero-order valence-electron chi connectivity index (χ0n) is 11.0.